The minimum atomic E-state index is -0.225. The van der Waals surface area contributed by atoms with Crippen LogP contribution in [-0.4, -0.2) is 11.2 Å². The third-order valence-corrected chi connectivity index (χ3v) is 1.50. The lowest BCUT2D eigenvalue weighted by molar-refractivity contribution is 0.219. The fraction of sp³-hybridized carbons (Fsp3) is 0.778. The van der Waals surface area contributed by atoms with E-state index in [-0.39, 0.29) is 6.10 Å². The number of rotatable bonds is 5. The fourth-order valence-corrected chi connectivity index (χ4v) is 0.711. The summed E-state index contributed by atoms with van der Waals surface area (Å²) in [7, 11) is 0. The molecule has 0 aromatic carbocycles. The lowest BCUT2D eigenvalue weighted by Gasteiger charge is -1.97. The highest BCUT2D eigenvalue weighted by molar-refractivity contribution is 4.87. The maximum Gasteiger partial charge on any atom is 0.0718 e. The number of unbranched alkanes of at least 4 members (excludes halogenated alkanes) is 2. The van der Waals surface area contributed by atoms with Crippen LogP contribution in [0, 0.1) is 0 Å². The van der Waals surface area contributed by atoms with Gasteiger partial charge < -0.3 is 5.11 Å². The van der Waals surface area contributed by atoms with Gasteiger partial charge in [-0.3, -0.25) is 0 Å². The Kier molecular flexibility index (Phi) is 6.61. The van der Waals surface area contributed by atoms with Crippen molar-refractivity contribution in [3.8, 4) is 0 Å². The van der Waals surface area contributed by atoms with Gasteiger partial charge in [0.25, 0.3) is 0 Å². The molecule has 1 unspecified atom stereocenters. The Hall–Kier alpha value is -0.300. The maximum absolute atomic E-state index is 9.07. The number of hydrogen-bond donors (Lipinski definition) is 1. The molecule has 1 nitrogen and oxygen atoms in total. The molecule has 0 radical (unpaired) electrons. The Morgan fingerprint density at radius 1 is 1.40 bits per heavy atom. The molecule has 1 heteroatoms. The predicted octanol–water partition coefficient (Wildman–Crippen LogP) is 2.50. The highest BCUT2D eigenvalue weighted by atomic mass is 16.3. The quantitative estimate of drug-likeness (QED) is 0.462. The van der Waals surface area contributed by atoms with Crippen molar-refractivity contribution in [1.29, 1.82) is 0 Å². The van der Waals surface area contributed by atoms with Gasteiger partial charge in [-0.25, -0.2) is 0 Å². The van der Waals surface area contributed by atoms with E-state index in [0.29, 0.717) is 0 Å². The van der Waals surface area contributed by atoms with E-state index in [1.165, 1.54) is 12.8 Å². The molecule has 60 valence electrons. The van der Waals surface area contributed by atoms with Crippen molar-refractivity contribution in [1.82, 2.24) is 0 Å². The molecule has 0 rings (SSSR count). The van der Waals surface area contributed by atoms with Crippen molar-refractivity contribution in [2.24, 2.45) is 0 Å². The second kappa shape index (κ2) is 6.81. The van der Waals surface area contributed by atoms with Crippen LogP contribution in [0.5, 0.6) is 0 Å². The van der Waals surface area contributed by atoms with Gasteiger partial charge in [-0.2, -0.15) is 0 Å². The van der Waals surface area contributed by atoms with E-state index < -0.39 is 0 Å². The Labute approximate surface area is 63.8 Å². The van der Waals surface area contributed by atoms with E-state index in [9.17, 15) is 0 Å². The molecule has 0 amide bonds. The number of aliphatic hydroxyl groups excluding tert-OH is 1. The smallest absolute Gasteiger partial charge is 0.0718 e. The molecule has 0 heterocycles. The van der Waals surface area contributed by atoms with E-state index >= 15 is 0 Å². The lowest BCUT2D eigenvalue weighted by Crippen LogP contribution is -1.97. The predicted molar refractivity (Wildman–Crippen MR) is 45.0 cm³/mol. The van der Waals surface area contributed by atoms with Crippen LogP contribution in [-0.2, 0) is 0 Å². The van der Waals surface area contributed by atoms with E-state index in [1.807, 2.05) is 13.0 Å². The Bertz CT molecular complexity index is 86.7. The molecule has 0 fully saturated rings. The standard InChI is InChI=1S/C9H18O/c1-3-5-6-7-8-9(10)4-2/h7-10H,3-6H2,1-2H3. The molecule has 0 spiro atoms. The molecule has 0 saturated carbocycles. The molecule has 1 atom stereocenters. The average Bonchev–Trinajstić information content (AvgIpc) is 1.98. The highest BCUT2D eigenvalue weighted by Crippen LogP contribution is 1.98. The molecule has 0 bridgehead atoms. The van der Waals surface area contributed by atoms with Crippen LogP contribution in [0.4, 0.5) is 0 Å². The second-order valence-electron chi connectivity index (χ2n) is 2.55. The van der Waals surface area contributed by atoms with Crippen LogP contribution in [0.1, 0.15) is 39.5 Å². The molecule has 10 heavy (non-hydrogen) atoms. The van der Waals surface area contributed by atoms with Gasteiger partial charge in [0.05, 0.1) is 6.10 Å². The zero-order valence-corrected chi connectivity index (χ0v) is 7.01. The number of allylic oxidation sites excluding steroid dienone is 1. The van der Waals surface area contributed by atoms with Crippen molar-refractivity contribution in [2.75, 3.05) is 0 Å². The summed E-state index contributed by atoms with van der Waals surface area (Å²) in [6.07, 6.45) is 8.11. The van der Waals surface area contributed by atoms with Crippen LogP contribution < -0.4 is 0 Å². The summed E-state index contributed by atoms with van der Waals surface area (Å²) in [6.45, 7) is 4.15. The molecular formula is C9H18O. The maximum atomic E-state index is 9.07. The van der Waals surface area contributed by atoms with Crippen molar-refractivity contribution >= 4 is 0 Å². The zero-order chi connectivity index (χ0) is 7.82. The summed E-state index contributed by atoms with van der Waals surface area (Å²) in [4.78, 5) is 0. The van der Waals surface area contributed by atoms with Gasteiger partial charge in [0.1, 0.15) is 0 Å². The van der Waals surface area contributed by atoms with E-state index in [0.717, 1.165) is 12.8 Å². The Morgan fingerprint density at radius 3 is 2.60 bits per heavy atom. The first-order chi connectivity index (χ1) is 4.81. The van der Waals surface area contributed by atoms with Crippen LogP contribution >= 0.6 is 0 Å². The molecular weight excluding hydrogens is 124 g/mol. The summed E-state index contributed by atoms with van der Waals surface area (Å²) in [5.74, 6) is 0. The molecule has 1 N–H and O–H groups in total. The monoisotopic (exact) mass is 142 g/mol. The lowest BCUT2D eigenvalue weighted by atomic mass is 10.2. The Morgan fingerprint density at radius 2 is 2.10 bits per heavy atom. The van der Waals surface area contributed by atoms with E-state index in [4.69, 9.17) is 5.11 Å². The van der Waals surface area contributed by atoms with Gasteiger partial charge in [0, 0.05) is 0 Å². The number of aliphatic hydroxyl groups is 1. The van der Waals surface area contributed by atoms with Crippen molar-refractivity contribution in [2.45, 2.75) is 45.6 Å². The fourth-order valence-electron chi connectivity index (χ4n) is 0.711. The topological polar surface area (TPSA) is 20.2 Å². The third kappa shape index (κ3) is 5.83. The summed E-state index contributed by atoms with van der Waals surface area (Å²) in [6, 6.07) is 0. The van der Waals surface area contributed by atoms with Gasteiger partial charge in [0.15, 0.2) is 0 Å². The van der Waals surface area contributed by atoms with Gasteiger partial charge in [0.2, 0.25) is 0 Å². The molecule has 0 aliphatic heterocycles. The van der Waals surface area contributed by atoms with Crippen molar-refractivity contribution in [3.05, 3.63) is 12.2 Å². The summed E-state index contributed by atoms with van der Waals surface area (Å²) >= 11 is 0. The van der Waals surface area contributed by atoms with Crippen molar-refractivity contribution in [3.63, 3.8) is 0 Å². The van der Waals surface area contributed by atoms with Crippen molar-refractivity contribution < 1.29 is 5.11 Å². The molecule has 0 aromatic heterocycles. The normalized spacial score (nSPS) is 14.3. The summed E-state index contributed by atoms with van der Waals surface area (Å²) in [5, 5.41) is 9.07. The van der Waals surface area contributed by atoms with E-state index in [1.54, 1.807) is 0 Å². The molecule has 0 aromatic rings. The minimum absolute atomic E-state index is 0.225. The van der Waals surface area contributed by atoms with Crippen LogP contribution in [0.25, 0.3) is 0 Å². The Balaban J connectivity index is 3.18. The third-order valence-electron chi connectivity index (χ3n) is 1.50. The summed E-state index contributed by atoms with van der Waals surface area (Å²) < 4.78 is 0. The van der Waals surface area contributed by atoms with Crippen LogP contribution in [0.3, 0.4) is 0 Å². The molecule has 0 saturated heterocycles. The van der Waals surface area contributed by atoms with Gasteiger partial charge in [-0.15, -0.1) is 0 Å². The van der Waals surface area contributed by atoms with Crippen LogP contribution in [0.2, 0.25) is 0 Å². The highest BCUT2D eigenvalue weighted by Gasteiger charge is 1.90. The molecule has 0 aliphatic carbocycles. The van der Waals surface area contributed by atoms with Gasteiger partial charge in [-0.05, 0) is 12.8 Å². The minimum Gasteiger partial charge on any atom is -0.389 e. The SMILES string of the molecule is CCCCC=CC(O)CC. The molecule has 0 aliphatic rings. The van der Waals surface area contributed by atoms with Crippen LogP contribution in [0.15, 0.2) is 12.2 Å². The first-order valence-electron chi connectivity index (χ1n) is 4.16. The first-order valence-corrected chi connectivity index (χ1v) is 4.16. The number of hydrogen-bond acceptors (Lipinski definition) is 1. The first kappa shape index (κ1) is 9.70. The zero-order valence-electron chi connectivity index (χ0n) is 7.01. The van der Waals surface area contributed by atoms with E-state index in [2.05, 4.69) is 13.0 Å². The van der Waals surface area contributed by atoms with Gasteiger partial charge in [-0.1, -0.05) is 38.8 Å². The van der Waals surface area contributed by atoms with Gasteiger partial charge >= 0.3 is 0 Å². The average molecular weight is 142 g/mol. The summed E-state index contributed by atoms with van der Waals surface area (Å²) in [5.41, 5.74) is 0. The largest absolute Gasteiger partial charge is 0.389 e. The second-order valence-corrected chi connectivity index (χ2v) is 2.55.